The molecule has 3 rings (SSSR count). The lowest BCUT2D eigenvalue weighted by Gasteiger charge is -2.00. The third-order valence-corrected chi connectivity index (χ3v) is 4.04. The molecule has 0 saturated heterocycles. The smallest absolute Gasteiger partial charge is 0.227 e. The van der Waals surface area contributed by atoms with Crippen LogP contribution in [0.2, 0.25) is 0 Å². The van der Waals surface area contributed by atoms with E-state index in [0.717, 1.165) is 26.7 Å². The summed E-state index contributed by atoms with van der Waals surface area (Å²) in [5.74, 6) is 0.649. The second-order valence-electron chi connectivity index (χ2n) is 4.42. The number of oxazole rings is 1. The van der Waals surface area contributed by atoms with Gasteiger partial charge in [0.15, 0.2) is 0 Å². The molecule has 0 amide bonds. The number of hydrogen-bond acceptors (Lipinski definition) is 3. The van der Waals surface area contributed by atoms with Gasteiger partial charge in [-0.3, -0.25) is 0 Å². The first-order valence-electron chi connectivity index (χ1n) is 5.85. The molecule has 1 aromatic carbocycles. The van der Waals surface area contributed by atoms with E-state index in [-0.39, 0.29) is 0 Å². The van der Waals surface area contributed by atoms with Crippen LogP contribution in [-0.2, 0) is 6.54 Å². The number of aromatic nitrogens is 1. The molecule has 1 saturated carbocycles. The van der Waals surface area contributed by atoms with E-state index < -0.39 is 0 Å². The molecule has 2 aromatic rings. The van der Waals surface area contributed by atoms with E-state index in [4.69, 9.17) is 4.42 Å². The van der Waals surface area contributed by atoms with E-state index in [9.17, 15) is 0 Å². The molecule has 1 fully saturated rings. The van der Waals surface area contributed by atoms with E-state index in [0.29, 0.717) is 11.9 Å². The highest BCUT2D eigenvalue weighted by Gasteiger charge is 2.20. The largest absolute Gasteiger partial charge is 0.444 e. The van der Waals surface area contributed by atoms with Gasteiger partial charge in [-0.2, -0.15) is 0 Å². The Labute approximate surface area is 122 Å². The lowest BCUT2D eigenvalue weighted by atomic mass is 10.2. The first-order chi connectivity index (χ1) is 8.72. The van der Waals surface area contributed by atoms with Gasteiger partial charge in [-0.1, -0.05) is 15.9 Å². The fraction of sp³-hybridized carbons (Fsp3) is 0.308. The minimum Gasteiger partial charge on any atom is -0.444 e. The first-order valence-corrected chi connectivity index (χ1v) is 7.44. The van der Waals surface area contributed by atoms with Crippen LogP contribution in [0.15, 0.2) is 37.8 Å². The highest BCUT2D eigenvalue weighted by molar-refractivity contribution is 9.11. The summed E-state index contributed by atoms with van der Waals surface area (Å²) in [5, 5.41) is 3.42. The molecular weight excluding hydrogens is 360 g/mol. The van der Waals surface area contributed by atoms with Crippen molar-refractivity contribution in [3.63, 3.8) is 0 Å². The van der Waals surface area contributed by atoms with Crippen LogP contribution in [0.5, 0.6) is 0 Å². The number of nitrogens with one attached hydrogen (secondary N) is 1. The number of halogens is 2. The zero-order chi connectivity index (χ0) is 12.5. The second kappa shape index (κ2) is 5.15. The Kier molecular flexibility index (Phi) is 3.54. The van der Waals surface area contributed by atoms with Crippen LogP contribution in [0.25, 0.3) is 11.5 Å². The maximum Gasteiger partial charge on any atom is 0.227 e. The SMILES string of the molecule is Brc1ccc(Br)c(-c2nc(CNC3CC3)co2)c1. The summed E-state index contributed by atoms with van der Waals surface area (Å²) in [6, 6.07) is 6.63. The van der Waals surface area contributed by atoms with Gasteiger partial charge in [-0.15, -0.1) is 0 Å². The van der Waals surface area contributed by atoms with Crippen LogP contribution in [0, 0.1) is 0 Å². The third kappa shape index (κ3) is 2.84. The highest BCUT2D eigenvalue weighted by Crippen LogP contribution is 2.30. The Balaban J connectivity index is 1.80. The van der Waals surface area contributed by atoms with Crippen LogP contribution in [0.3, 0.4) is 0 Å². The van der Waals surface area contributed by atoms with Crippen molar-refractivity contribution in [1.29, 1.82) is 0 Å². The van der Waals surface area contributed by atoms with Gasteiger partial charge in [0.1, 0.15) is 6.26 Å². The molecule has 3 nitrogen and oxygen atoms in total. The fourth-order valence-corrected chi connectivity index (χ4v) is 2.49. The molecule has 1 aliphatic carbocycles. The number of nitrogens with zero attached hydrogens (tertiary/aromatic N) is 1. The third-order valence-electron chi connectivity index (χ3n) is 2.86. The average Bonchev–Trinajstić information content (AvgIpc) is 3.08. The molecule has 0 unspecified atom stereocenters. The topological polar surface area (TPSA) is 38.1 Å². The zero-order valence-corrected chi connectivity index (χ0v) is 12.8. The predicted molar refractivity (Wildman–Crippen MR) is 77.2 cm³/mol. The van der Waals surface area contributed by atoms with Crippen molar-refractivity contribution in [1.82, 2.24) is 10.3 Å². The van der Waals surface area contributed by atoms with Crippen LogP contribution in [-0.4, -0.2) is 11.0 Å². The molecule has 0 aliphatic heterocycles. The van der Waals surface area contributed by atoms with E-state index in [1.165, 1.54) is 12.8 Å². The molecule has 94 valence electrons. The Bertz CT molecular complexity index is 564. The van der Waals surface area contributed by atoms with Gasteiger partial charge in [-0.05, 0) is 47.0 Å². The van der Waals surface area contributed by atoms with Gasteiger partial charge in [0.25, 0.3) is 0 Å². The van der Waals surface area contributed by atoms with E-state index in [1.807, 2.05) is 18.2 Å². The Morgan fingerprint density at radius 2 is 2.17 bits per heavy atom. The van der Waals surface area contributed by atoms with Gasteiger partial charge < -0.3 is 9.73 Å². The molecule has 0 radical (unpaired) electrons. The van der Waals surface area contributed by atoms with Crippen molar-refractivity contribution in [2.45, 2.75) is 25.4 Å². The molecule has 0 spiro atoms. The summed E-state index contributed by atoms with van der Waals surface area (Å²) in [5.41, 5.74) is 1.91. The molecule has 0 bridgehead atoms. The maximum absolute atomic E-state index is 5.54. The van der Waals surface area contributed by atoms with Gasteiger partial charge in [0.2, 0.25) is 5.89 Å². The normalized spacial score (nSPS) is 15.0. The Hall–Kier alpha value is -0.650. The van der Waals surface area contributed by atoms with Crippen molar-refractivity contribution in [3.05, 3.63) is 39.1 Å². The average molecular weight is 372 g/mol. The van der Waals surface area contributed by atoms with Crippen molar-refractivity contribution < 1.29 is 4.42 Å². The molecule has 5 heteroatoms. The molecule has 0 atom stereocenters. The minimum atomic E-state index is 0.649. The first kappa shape index (κ1) is 12.4. The van der Waals surface area contributed by atoms with Gasteiger partial charge >= 0.3 is 0 Å². The van der Waals surface area contributed by atoms with E-state index in [1.54, 1.807) is 6.26 Å². The summed E-state index contributed by atoms with van der Waals surface area (Å²) in [6.45, 7) is 0.778. The quantitative estimate of drug-likeness (QED) is 0.878. The number of hydrogen-bond donors (Lipinski definition) is 1. The number of rotatable bonds is 4. The van der Waals surface area contributed by atoms with Crippen molar-refractivity contribution in [2.24, 2.45) is 0 Å². The van der Waals surface area contributed by atoms with Gasteiger partial charge in [0, 0.05) is 21.5 Å². The van der Waals surface area contributed by atoms with Crippen LogP contribution in [0.1, 0.15) is 18.5 Å². The van der Waals surface area contributed by atoms with Crippen LogP contribution in [0.4, 0.5) is 0 Å². The molecule has 18 heavy (non-hydrogen) atoms. The van der Waals surface area contributed by atoms with Crippen molar-refractivity contribution in [2.75, 3.05) is 0 Å². The summed E-state index contributed by atoms with van der Waals surface area (Å²) in [7, 11) is 0. The lowest BCUT2D eigenvalue weighted by Crippen LogP contribution is -2.15. The van der Waals surface area contributed by atoms with Crippen molar-refractivity contribution in [3.8, 4) is 11.5 Å². The summed E-state index contributed by atoms with van der Waals surface area (Å²) in [4.78, 5) is 4.50. The summed E-state index contributed by atoms with van der Waals surface area (Å²) >= 11 is 6.97. The highest BCUT2D eigenvalue weighted by atomic mass is 79.9. The fourth-order valence-electron chi connectivity index (χ4n) is 1.71. The maximum atomic E-state index is 5.54. The lowest BCUT2D eigenvalue weighted by molar-refractivity contribution is 0.569. The van der Waals surface area contributed by atoms with Gasteiger partial charge in [-0.25, -0.2) is 4.98 Å². The minimum absolute atomic E-state index is 0.649. The Morgan fingerprint density at radius 3 is 2.94 bits per heavy atom. The monoisotopic (exact) mass is 370 g/mol. The molecule has 1 heterocycles. The molecule has 1 aromatic heterocycles. The zero-order valence-electron chi connectivity index (χ0n) is 9.62. The number of benzene rings is 1. The Morgan fingerprint density at radius 1 is 1.33 bits per heavy atom. The van der Waals surface area contributed by atoms with Crippen LogP contribution < -0.4 is 5.32 Å². The molecular formula is C13H12Br2N2O. The summed E-state index contributed by atoms with van der Waals surface area (Å²) in [6.07, 6.45) is 4.28. The van der Waals surface area contributed by atoms with Crippen molar-refractivity contribution >= 4 is 31.9 Å². The van der Waals surface area contributed by atoms with Gasteiger partial charge in [0.05, 0.1) is 11.3 Å². The molecule has 1 aliphatic rings. The van der Waals surface area contributed by atoms with Crippen LogP contribution >= 0.6 is 31.9 Å². The molecule has 1 N–H and O–H groups in total. The predicted octanol–water partition coefficient (Wildman–Crippen LogP) is 4.12. The summed E-state index contributed by atoms with van der Waals surface area (Å²) < 4.78 is 7.53. The van der Waals surface area contributed by atoms with E-state index >= 15 is 0 Å². The second-order valence-corrected chi connectivity index (χ2v) is 6.19. The van der Waals surface area contributed by atoms with E-state index in [2.05, 4.69) is 42.2 Å². The standard InChI is InChI=1S/C13H12Br2N2O/c14-8-1-4-12(15)11(5-8)13-17-10(7-18-13)6-16-9-2-3-9/h1,4-5,7,9,16H,2-3,6H2.